The van der Waals surface area contributed by atoms with Crippen LogP contribution in [0.4, 0.5) is 0 Å². The van der Waals surface area contributed by atoms with E-state index < -0.39 is 5.41 Å². The second-order valence-corrected chi connectivity index (χ2v) is 9.21. The molecule has 1 aromatic heterocycles. The number of nitrogens with zero attached hydrogens (tertiary/aromatic N) is 2. The second kappa shape index (κ2) is 9.99. The van der Waals surface area contributed by atoms with Gasteiger partial charge in [0.25, 0.3) is 0 Å². The van der Waals surface area contributed by atoms with E-state index >= 15 is 0 Å². The molecule has 0 aliphatic carbocycles. The number of aromatic nitrogens is 1. The summed E-state index contributed by atoms with van der Waals surface area (Å²) in [5, 5.41) is 3.10. The third-order valence-corrected chi connectivity index (χ3v) is 6.27. The third-order valence-electron chi connectivity index (χ3n) is 6.27. The van der Waals surface area contributed by atoms with Crippen molar-refractivity contribution in [3.8, 4) is 11.1 Å². The zero-order valence-corrected chi connectivity index (χ0v) is 19.3. The van der Waals surface area contributed by atoms with Gasteiger partial charge in [0.1, 0.15) is 0 Å². The lowest BCUT2D eigenvalue weighted by atomic mass is 9.79. The molecule has 0 bridgehead atoms. The highest BCUT2D eigenvalue weighted by atomic mass is 16.2. The van der Waals surface area contributed by atoms with Crippen molar-refractivity contribution < 1.29 is 9.59 Å². The second-order valence-electron chi connectivity index (χ2n) is 9.21. The summed E-state index contributed by atoms with van der Waals surface area (Å²) >= 11 is 0. The molecule has 2 heterocycles. The van der Waals surface area contributed by atoms with Gasteiger partial charge in [-0.25, -0.2) is 0 Å². The molecule has 1 aliphatic heterocycles. The quantitative estimate of drug-likeness (QED) is 0.595. The summed E-state index contributed by atoms with van der Waals surface area (Å²) in [5.41, 5.74) is 3.55. The van der Waals surface area contributed by atoms with Crippen LogP contribution in [0, 0.1) is 5.41 Å². The summed E-state index contributed by atoms with van der Waals surface area (Å²) in [4.78, 5) is 32.4. The molecule has 1 N–H and O–H groups in total. The van der Waals surface area contributed by atoms with Crippen LogP contribution in [-0.4, -0.2) is 40.8 Å². The first-order chi connectivity index (χ1) is 15.9. The maximum Gasteiger partial charge on any atom is 0.228 e. The van der Waals surface area contributed by atoms with Crippen LogP contribution in [-0.2, 0) is 22.4 Å². The minimum atomic E-state index is -0.627. The van der Waals surface area contributed by atoms with Crippen LogP contribution in [0.25, 0.3) is 11.1 Å². The molecule has 1 fully saturated rings. The van der Waals surface area contributed by atoms with E-state index in [1.165, 1.54) is 5.56 Å². The number of nitrogens with one attached hydrogen (secondary N) is 1. The lowest BCUT2D eigenvalue weighted by molar-refractivity contribution is -0.133. The highest BCUT2D eigenvalue weighted by molar-refractivity contribution is 5.86. The number of rotatable bonds is 7. The Morgan fingerprint density at radius 1 is 0.970 bits per heavy atom. The summed E-state index contributed by atoms with van der Waals surface area (Å²) < 4.78 is 0. The Labute approximate surface area is 195 Å². The zero-order valence-electron chi connectivity index (χ0n) is 19.3. The van der Waals surface area contributed by atoms with E-state index in [0.717, 1.165) is 16.8 Å². The topological polar surface area (TPSA) is 62.3 Å². The van der Waals surface area contributed by atoms with Gasteiger partial charge in [-0.05, 0) is 55.5 Å². The van der Waals surface area contributed by atoms with E-state index in [1.54, 1.807) is 6.20 Å². The lowest BCUT2D eigenvalue weighted by Crippen LogP contribution is -2.47. The first kappa shape index (κ1) is 22.7. The summed E-state index contributed by atoms with van der Waals surface area (Å²) in [6.07, 6.45) is 3.22. The first-order valence-corrected chi connectivity index (χ1v) is 11.6. The summed E-state index contributed by atoms with van der Waals surface area (Å²) in [6, 6.07) is 24.3. The largest absolute Gasteiger partial charge is 0.353 e. The molecule has 1 aliphatic rings. The average Bonchev–Trinajstić information content (AvgIpc) is 3.26. The van der Waals surface area contributed by atoms with Crippen LogP contribution < -0.4 is 5.32 Å². The van der Waals surface area contributed by atoms with Gasteiger partial charge in [0.05, 0.1) is 11.8 Å². The predicted octanol–water partition coefficient (Wildman–Crippen LogP) is 4.28. The number of carbonyl (C=O) groups is 2. The molecule has 5 heteroatoms. The first-order valence-electron chi connectivity index (χ1n) is 11.6. The van der Waals surface area contributed by atoms with Crippen molar-refractivity contribution >= 4 is 11.8 Å². The third kappa shape index (κ3) is 5.48. The fraction of sp³-hybridized carbons (Fsp3) is 0.321. The molecule has 1 saturated heterocycles. The van der Waals surface area contributed by atoms with Crippen molar-refractivity contribution in [1.82, 2.24) is 15.2 Å². The fourth-order valence-electron chi connectivity index (χ4n) is 4.52. The van der Waals surface area contributed by atoms with Gasteiger partial charge in [-0.1, -0.05) is 60.7 Å². The number of likely N-dealkylation sites (tertiary alicyclic amines) is 1. The number of benzene rings is 2. The Kier molecular flexibility index (Phi) is 6.87. The molecule has 2 aromatic carbocycles. The normalized spacial score (nSPS) is 17.8. The van der Waals surface area contributed by atoms with Crippen molar-refractivity contribution in [3.63, 3.8) is 0 Å². The average molecular weight is 442 g/mol. The minimum absolute atomic E-state index is 0.0207. The molecule has 0 spiro atoms. The van der Waals surface area contributed by atoms with Gasteiger partial charge >= 0.3 is 0 Å². The maximum atomic E-state index is 13.3. The van der Waals surface area contributed by atoms with Crippen LogP contribution in [0.3, 0.4) is 0 Å². The monoisotopic (exact) mass is 441 g/mol. The van der Waals surface area contributed by atoms with Gasteiger partial charge in [0.2, 0.25) is 11.8 Å². The van der Waals surface area contributed by atoms with Crippen LogP contribution in [0.15, 0.2) is 79.0 Å². The number of hydrogen-bond acceptors (Lipinski definition) is 3. The maximum absolute atomic E-state index is 13.3. The lowest BCUT2D eigenvalue weighted by Gasteiger charge is -2.29. The van der Waals surface area contributed by atoms with Crippen LogP contribution in [0.5, 0.6) is 0 Å². The van der Waals surface area contributed by atoms with Crippen LogP contribution in [0.1, 0.15) is 31.5 Å². The number of amides is 2. The van der Waals surface area contributed by atoms with Crippen LogP contribution in [0.2, 0.25) is 0 Å². The zero-order chi connectivity index (χ0) is 23.3. The highest BCUT2D eigenvalue weighted by Crippen LogP contribution is 2.36. The molecule has 0 radical (unpaired) electrons. The van der Waals surface area contributed by atoms with Gasteiger partial charge in [0.15, 0.2) is 0 Å². The predicted molar refractivity (Wildman–Crippen MR) is 130 cm³/mol. The van der Waals surface area contributed by atoms with Gasteiger partial charge < -0.3 is 10.2 Å². The van der Waals surface area contributed by atoms with Gasteiger partial charge in [0, 0.05) is 31.0 Å². The van der Waals surface area contributed by atoms with Gasteiger partial charge in [-0.3, -0.25) is 14.6 Å². The van der Waals surface area contributed by atoms with Crippen molar-refractivity contribution in [3.05, 3.63) is 90.3 Å². The Balaban J connectivity index is 1.51. The summed E-state index contributed by atoms with van der Waals surface area (Å²) in [5.74, 6) is 0.0464. The van der Waals surface area contributed by atoms with Gasteiger partial charge in [-0.2, -0.15) is 0 Å². The molecule has 3 aromatic rings. The molecular weight excluding hydrogens is 410 g/mol. The van der Waals surface area contributed by atoms with Crippen molar-refractivity contribution in [2.45, 2.75) is 39.2 Å². The van der Waals surface area contributed by atoms with E-state index in [9.17, 15) is 9.59 Å². The molecule has 4 rings (SSSR count). The SMILES string of the molecule is CC(C)NC(=O)C1(Cc2ccc(-c3ccccc3)cc2)CCN(C(=O)Cc2ccccn2)C1. The standard InChI is InChI=1S/C28H31N3O2/c1-21(2)30-27(33)28(15-17-31(20-28)26(32)18-25-10-6-7-16-29-25)19-22-11-13-24(14-12-22)23-8-4-3-5-9-23/h3-14,16,21H,15,17-20H2,1-2H3,(H,30,33). The highest BCUT2D eigenvalue weighted by Gasteiger charge is 2.46. The van der Waals surface area contributed by atoms with E-state index in [-0.39, 0.29) is 24.3 Å². The Morgan fingerprint density at radius 2 is 1.67 bits per heavy atom. The molecule has 0 saturated carbocycles. The number of hydrogen-bond donors (Lipinski definition) is 1. The molecule has 33 heavy (non-hydrogen) atoms. The Morgan fingerprint density at radius 3 is 2.33 bits per heavy atom. The molecule has 170 valence electrons. The number of carbonyl (C=O) groups excluding carboxylic acids is 2. The molecular formula is C28H31N3O2. The molecule has 1 atom stereocenters. The van der Waals surface area contributed by atoms with Crippen molar-refractivity contribution in [1.29, 1.82) is 0 Å². The fourth-order valence-corrected chi connectivity index (χ4v) is 4.52. The number of pyridine rings is 1. The smallest absolute Gasteiger partial charge is 0.228 e. The molecule has 1 unspecified atom stereocenters. The summed E-state index contributed by atoms with van der Waals surface area (Å²) in [6.45, 7) is 4.95. The Hall–Kier alpha value is -3.47. The van der Waals surface area contributed by atoms with Gasteiger partial charge in [-0.15, -0.1) is 0 Å². The van der Waals surface area contributed by atoms with Crippen LogP contribution >= 0.6 is 0 Å². The van der Waals surface area contributed by atoms with Crippen molar-refractivity contribution in [2.24, 2.45) is 5.41 Å². The van der Waals surface area contributed by atoms with E-state index in [1.807, 2.05) is 55.1 Å². The Bertz CT molecular complexity index is 1080. The molecule has 2 amide bonds. The van der Waals surface area contributed by atoms with E-state index in [4.69, 9.17) is 0 Å². The van der Waals surface area contributed by atoms with E-state index in [2.05, 4.69) is 46.7 Å². The van der Waals surface area contributed by atoms with E-state index in [0.29, 0.717) is 25.9 Å². The molecule has 5 nitrogen and oxygen atoms in total. The minimum Gasteiger partial charge on any atom is -0.353 e. The summed E-state index contributed by atoms with van der Waals surface area (Å²) in [7, 11) is 0. The van der Waals surface area contributed by atoms with Crippen molar-refractivity contribution in [2.75, 3.05) is 13.1 Å².